The summed E-state index contributed by atoms with van der Waals surface area (Å²) in [7, 11) is 0. The normalized spacial score (nSPS) is 24.1. The highest BCUT2D eigenvalue weighted by molar-refractivity contribution is 5.67. The van der Waals surface area contributed by atoms with Gasteiger partial charge < -0.3 is 20.3 Å². The lowest BCUT2D eigenvalue weighted by atomic mass is 10.1. The molecule has 0 bridgehead atoms. The summed E-state index contributed by atoms with van der Waals surface area (Å²) in [5.41, 5.74) is 2.09. The first-order valence-electron chi connectivity index (χ1n) is 8.41. The highest BCUT2D eigenvalue weighted by Gasteiger charge is 2.36. The van der Waals surface area contributed by atoms with E-state index < -0.39 is 6.09 Å². The van der Waals surface area contributed by atoms with Gasteiger partial charge in [-0.1, -0.05) is 6.07 Å². The molecule has 23 heavy (non-hydrogen) atoms. The Bertz CT molecular complexity index is 590. The van der Waals surface area contributed by atoms with E-state index in [4.69, 9.17) is 9.72 Å². The minimum Gasteiger partial charge on any atom is -0.440 e. The third-order valence-electron chi connectivity index (χ3n) is 4.47. The number of nitrogens with one attached hydrogen (secondary N) is 2. The van der Waals surface area contributed by atoms with Crippen molar-refractivity contribution in [2.75, 3.05) is 18.0 Å². The molecule has 0 aromatic carbocycles. The summed E-state index contributed by atoms with van der Waals surface area (Å²) in [5, 5.41) is 6.22. The second-order valence-electron chi connectivity index (χ2n) is 6.84. The van der Waals surface area contributed by atoms with Gasteiger partial charge in [0.1, 0.15) is 11.9 Å². The summed E-state index contributed by atoms with van der Waals surface area (Å²) in [4.78, 5) is 19.0. The Kier molecular flexibility index (Phi) is 4.43. The van der Waals surface area contributed by atoms with Gasteiger partial charge in [0.15, 0.2) is 0 Å². The van der Waals surface area contributed by atoms with Crippen molar-refractivity contribution < 1.29 is 9.53 Å². The Morgan fingerprint density at radius 3 is 2.91 bits per heavy atom. The number of fused-ring (bicyclic) bond motifs is 3. The quantitative estimate of drug-likeness (QED) is 0.892. The van der Waals surface area contributed by atoms with Crippen molar-refractivity contribution in [3.05, 3.63) is 23.4 Å². The fraction of sp³-hybridized carbons (Fsp3) is 0.647. The molecule has 1 saturated heterocycles. The molecule has 2 aliphatic heterocycles. The summed E-state index contributed by atoms with van der Waals surface area (Å²) in [5.74, 6) is 1.06. The summed E-state index contributed by atoms with van der Waals surface area (Å²) >= 11 is 0. The molecular formula is C17H26N4O2. The van der Waals surface area contributed by atoms with Crippen LogP contribution in [0.3, 0.4) is 0 Å². The molecule has 1 aromatic rings. The molecule has 6 nitrogen and oxygen atoms in total. The van der Waals surface area contributed by atoms with E-state index in [1.807, 2.05) is 26.8 Å². The molecule has 1 aromatic heterocycles. The topological polar surface area (TPSA) is 66.5 Å². The van der Waals surface area contributed by atoms with E-state index in [9.17, 15) is 4.79 Å². The largest absolute Gasteiger partial charge is 0.440 e. The molecule has 1 amide bonds. The minimum absolute atomic E-state index is 0.0603. The fourth-order valence-electron chi connectivity index (χ4n) is 3.41. The van der Waals surface area contributed by atoms with Crippen molar-refractivity contribution in [3.63, 3.8) is 0 Å². The van der Waals surface area contributed by atoms with Crippen LogP contribution in [0.25, 0.3) is 0 Å². The number of hydrogen-bond donors (Lipinski definition) is 2. The van der Waals surface area contributed by atoms with Crippen molar-refractivity contribution in [1.29, 1.82) is 0 Å². The number of aromatic nitrogens is 1. The van der Waals surface area contributed by atoms with E-state index in [1.54, 1.807) is 0 Å². The molecule has 6 heteroatoms. The number of ether oxygens (including phenoxy) is 1. The van der Waals surface area contributed by atoms with Crippen molar-refractivity contribution in [1.82, 2.24) is 15.6 Å². The Labute approximate surface area is 137 Å². The van der Waals surface area contributed by atoms with Gasteiger partial charge in [-0.25, -0.2) is 9.78 Å². The summed E-state index contributed by atoms with van der Waals surface area (Å²) in [6.07, 6.45) is 0.266. The van der Waals surface area contributed by atoms with E-state index in [-0.39, 0.29) is 12.1 Å². The minimum atomic E-state index is -0.400. The van der Waals surface area contributed by atoms with Crippen LogP contribution in [0.5, 0.6) is 0 Å². The van der Waals surface area contributed by atoms with Crippen molar-refractivity contribution in [3.8, 4) is 0 Å². The predicted octanol–water partition coefficient (Wildman–Crippen LogP) is 2.00. The number of anilines is 1. The van der Waals surface area contributed by atoms with Gasteiger partial charge in [-0.15, -0.1) is 0 Å². The van der Waals surface area contributed by atoms with Crippen LogP contribution in [0.1, 0.15) is 45.1 Å². The number of amides is 1. The van der Waals surface area contributed by atoms with Crippen LogP contribution in [0.15, 0.2) is 12.1 Å². The van der Waals surface area contributed by atoms with Crippen LogP contribution in [0.4, 0.5) is 10.6 Å². The molecule has 2 N–H and O–H groups in total. The monoisotopic (exact) mass is 318 g/mol. The number of alkyl carbamates (subject to hydrolysis) is 1. The third kappa shape index (κ3) is 3.27. The lowest BCUT2D eigenvalue weighted by Crippen LogP contribution is -2.55. The maximum atomic E-state index is 11.8. The molecule has 0 saturated carbocycles. The highest BCUT2D eigenvalue weighted by Crippen LogP contribution is 2.34. The molecule has 2 aliphatic rings. The molecule has 0 aliphatic carbocycles. The lowest BCUT2D eigenvalue weighted by molar-refractivity contribution is 0.103. The van der Waals surface area contributed by atoms with Crippen molar-refractivity contribution in [2.24, 2.45) is 0 Å². The van der Waals surface area contributed by atoms with Gasteiger partial charge in [0.05, 0.1) is 5.69 Å². The van der Waals surface area contributed by atoms with E-state index in [2.05, 4.69) is 28.5 Å². The predicted molar refractivity (Wildman–Crippen MR) is 89.7 cm³/mol. The first-order chi connectivity index (χ1) is 11.0. The standard InChI is InChI=1S/C17H26N4O2/c1-10(2)19-17(22)23-12(4)15-6-5-13-7-14-9-18-8-11(3)21(14)16(13)20-15/h5-6,10-12,14,18H,7-9H2,1-4H3,(H,19,22)/t11-,12+,14-/m1/s1. The van der Waals surface area contributed by atoms with Crippen LogP contribution in [0.2, 0.25) is 0 Å². The second-order valence-corrected chi connectivity index (χ2v) is 6.84. The van der Waals surface area contributed by atoms with Crippen LogP contribution in [-0.4, -0.2) is 42.3 Å². The number of carbonyl (C=O) groups is 1. The number of piperazine rings is 1. The first-order valence-corrected chi connectivity index (χ1v) is 8.41. The number of nitrogens with zero attached hydrogens (tertiary/aromatic N) is 2. The number of rotatable bonds is 3. The number of hydrogen-bond acceptors (Lipinski definition) is 5. The summed E-state index contributed by atoms with van der Waals surface area (Å²) in [6, 6.07) is 5.08. The van der Waals surface area contributed by atoms with Gasteiger partial charge in [-0.05, 0) is 45.7 Å². The zero-order chi connectivity index (χ0) is 16.6. The van der Waals surface area contributed by atoms with Gasteiger partial charge in [0.2, 0.25) is 0 Å². The molecule has 3 heterocycles. The van der Waals surface area contributed by atoms with Crippen molar-refractivity contribution >= 4 is 11.9 Å². The van der Waals surface area contributed by atoms with Gasteiger partial charge >= 0.3 is 6.09 Å². The van der Waals surface area contributed by atoms with Gasteiger partial charge in [-0.2, -0.15) is 0 Å². The molecule has 0 radical (unpaired) electrons. The van der Waals surface area contributed by atoms with E-state index >= 15 is 0 Å². The fourth-order valence-corrected chi connectivity index (χ4v) is 3.41. The zero-order valence-electron chi connectivity index (χ0n) is 14.3. The summed E-state index contributed by atoms with van der Waals surface area (Å²) < 4.78 is 5.43. The first kappa shape index (κ1) is 16.1. The summed E-state index contributed by atoms with van der Waals surface area (Å²) in [6.45, 7) is 9.88. The molecule has 1 fully saturated rings. The van der Waals surface area contributed by atoms with Crippen LogP contribution in [-0.2, 0) is 11.2 Å². The molecular weight excluding hydrogens is 292 g/mol. The second kappa shape index (κ2) is 6.35. The molecule has 0 unspecified atom stereocenters. The van der Waals surface area contributed by atoms with Crippen LogP contribution in [0, 0.1) is 0 Å². The van der Waals surface area contributed by atoms with E-state index in [1.165, 1.54) is 5.56 Å². The van der Waals surface area contributed by atoms with Gasteiger partial charge in [-0.3, -0.25) is 0 Å². The zero-order valence-corrected chi connectivity index (χ0v) is 14.3. The average Bonchev–Trinajstić information content (AvgIpc) is 2.84. The highest BCUT2D eigenvalue weighted by atomic mass is 16.6. The van der Waals surface area contributed by atoms with Gasteiger partial charge in [0, 0.05) is 31.2 Å². The van der Waals surface area contributed by atoms with Crippen molar-refractivity contribution in [2.45, 2.75) is 58.3 Å². The Morgan fingerprint density at radius 2 is 2.17 bits per heavy atom. The number of pyridine rings is 1. The maximum Gasteiger partial charge on any atom is 0.407 e. The maximum absolute atomic E-state index is 11.8. The SMILES string of the molecule is CC(C)NC(=O)O[C@@H](C)c1ccc2c(n1)N1[C@@H](CNC[C@H]1C)C2. The smallest absolute Gasteiger partial charge is 0.407 e. The molecule has 0 spiro atoms. The molecule has 3 rings (SSSR count). The average molecular weight is 318 g/mol. The van der Waals surface area contributed by atoms with Crippen LogP contribution >= 0.6 is 0 Å². The van der Waals surface area contributed by atoms with Crippen LogP contribution < -0.4 is 15.5 Å². The number of carbonyl (C=O) groups excluding carboxylic acids is 1. The lowest BCUT2D eigenvalue weighted by Gasteiger charge is -2.37. The van der Waals surface area contributed by atoms with E-state index in [0.29, 0.717) is 12.1 Å². The molecule has 126 valence electrons. The Morgan fingerprint density at radius 1 is 1.39 bits per heavy atom. The Hall–Kier alpha value is -1.82. The third-order valence-corrected chi connectivity index (χ3v) is 4.47. The Balaban J connectivity index is 1.76. The van der Waals surface area contributed by atoms with Gasteiger partial charge in [0.25, 0.3) is 0 Å². The molecule has 3 atom stereocenters. The van der Waals surface area contributed by atoms with E-state index in [0.717, 1.165) is 31.0 Å².